The Morgan fingerprint density at radius 3 is 2.47 bits per heavy atom. The number of aliphatic carboxylic acids is 1. The van der Waals surface area contributed by atoms with Gasteiger partial charge in [0, 0.05) is 12.3 Å². The summed E-state index contributed by atoms with van der Waals surface area (Å²) in [5.74, 6) is -0.431. The Balaban J connectivity index is 1.91. The van der Waals surface area contributed by atoms with Crippen molar-refractivity contribution in [2.75, 3.05) is 0 Å². The Morgan fingerprint density at radius 1 is 1.27 bits per heavy atom. The van der Waals surface area contributed by atoms with Crippen LogP contribution in [0.15, 0.2) is 5.16 Å². The molecular weight excluding hydrogens is 194 g/mol. The van der Waals surface area contributed by atoms with Crippen LogP contribution in [0.3, 0.4) is 0 Å². The maximum atomic E-state index is 10.7. The van der Waals surface area contributed by atoms with Crippen molar-refractivity contribution in [1.82, 2.24) is 0 Å². The summed E-state index contributed by atoms with van der Waals surface area (Å²) in [6.45, 7) is 0. The van der Waals surface area contributed by atoms with Gasteiger partial charge >= 0.3 is 5.97 Å². The standard InChI is InChI=1S/C11H17NO3/c13-11(14)10-7-9(12-15-10)8-5-3-1-2-4-6-8/h8,10H,1-7H2,(H,13,14). The summed E-state index contributed by atoms with van der Waals surface area (Å²) in [4.78, 5) is 15.6. The van der Waals surface area contributed by atoms with Crippen molar-refractivity contribution in [2.45, 2.75) is 51.0 Å². The first-order chi connectivity index (χ1) is 7.27. The van der Waals surface area contributed by atoms with E-state index in [4.69, 9.17) is 9.94 Å². The normalized spacial score (nSPS) is 28.0. The summed E-state index contributed by atoms with van der Waals surface area (Å²) >= 11 is 0. The van der Waals surface area contributed by atoms with Gasteiger partial charge in [0.2, 0.25) is 6.10 Å². The molecular formula is C11H17NO3. The molecule has 0 aromatic carbocycles. The van der Waals surface area contributed by atoms with Crippen molar-refractivity contribution >= 4 is 11.7 Å². The van der Waals surface area contributed by atoms with Crippen molar-refractivity contribution in [1.29, 1.82) is 0 Å². The summed E-state index contributed by atoms with van der Waals surface area (Å²) < 4.78 is 0. The van der Waals surface area contributed by atoms with Gasteiger partial charge in [-0.3, -0.25) is 0 Å². The first-order valence-corrected chi connectivity index (χ1v) is 5.73. The van der Waals surface area contributed by atoms with Gasteiger partial charge < -0.3 is 9.94 Å². The zero-order valence-electron chi connectivity index (χ0n) is 8.82. The molecule has 1 heterocycles. The Morgan fingerprint density at radius 2 is 1.93 bits per heavy atom. The van der Waals surface area contributed by atoms with E-state index in [9.17, 15) is 4.79 Å². The van der Waals surface area contributed by atoms with Gasteiger partial charge in [0.05, 0.1) is 5.71 Å². The number of hydrogen-bond donors (Lipinski definition) is 1. The molecule has 1 aliphatic heterocycles. The third-order valence-corrected chi connectivity index (χ3v) is 3.29. The Labute approximate surface area is 89.3 Å². The minimum Gasteiger partial charge on any atom is -0.478 e. The molecule has 4 heteroatoms. The van der Waals surface area contributed by atoms with E-state index in [0.29, 0.717) is 12.3 Å². The number of carboxylic acids is 1. The lowest BCUT2D eigenvalue weighted by molar-refractivity contribution is -0.148. The van der Waals surface area contributed by atoms with Gasteiger partial charge in [-0.1, -0.05) is 30.8 Å². The maximum absolute atomic E-state index is 10.7. The highest BCUT2D eigenvalue weighted by Gasteiger charge is 2.31. The second-order valence-corrected chi connectivity index (χ2v) is 4.41. The quantitative estimate of drug-likeness (QED) is 0.712. The molecule has 4 nitrogen and oxygen atoms in total. The van der Waals surface area contributed by atoms with Crippen LogP contribution < -0.4 is 0 Å². The molecule has 0 amide bonds. The topological polar surface area (TPSA) is 58.9 Å². The third kappa shape index (κ3) is 2.49. The molecule has 2 rings (SSSR count). The van der Waals surface area contributed by atoms with Crippen molar-refractivity contribution in [2.24, 2.45) is 11.1 Å². The van der Waals surface area contributed by atoms with Crippen molar-refractivity contribution < 1.29 is 14.7 Å². The minimum atomic E-state index is -0.901. The monoisotopic (exact) mass is 211 g/mol. The second kappa shape index (κ2) is 4.64. The Kier molecular flexibility index (Phi) is 3.23. The molecule has 1 N–H and O–H groups in total. The number of rotatable bonds is 2. The fourth-order valence-electron chi connectivity index (χ4n) is 2.38. The highest BCUT2D eigenvalue weighted by atomic mass is 16.7. The fourth-order valence-corrected chi connectivity index (χ4v) is 2.38. The lowest BCUT2D eigenvalue weighted by atomic mass is 9.92. The SMILES string of the molecule is O=C(O)C1CC(C2CCCCCC2)=NO1. The van der Waals surface area contributed by atoms with E-state index in [-0.39, 0.29) is 0 Å². The van der Waals surface area contributed by atoms with Gasteiger partial charge in [-0.15, -0.1) is 0 Å². The van der Waals surface area contributed by atoms with Gasteiger partial charge in [-0.2, -0.15) is 0 Å². The van der Waals surface area contributed by atoms with Crippen LogP contribution in [0.25, 0.3) is 0 Å². The molecule has 1 unspecified atom stereocenters. The molecule has 0 spiro atoms. The van der Waals surface area contributed by atoms with E-state index in [1.165, 1.54) is 25.7 Å². The molecule has 1 saturated carbocycles. The maximum Gasteiger partial charge on any atom is 0.348 e. The third-order valence-electron chi connectivity index (χ3n) is 3.29. The van der Waals surface area contributed by atoms with Crippen LogP contribution in [-0.4, -0.2) is 22.9 Å². The molecule has 0 bridgehead atoms. The highest BCUT2D eigenvalue weighted by molar-refractivity contribution is 5.92. The first kappa shape index (κ1) is 10.5. The van der Waals surface area contributed by atoms with E-state index in [0.717, 1.165) is 18.6 Å². The summed E-state index contributed by atoms with van der Waals surface area (Å²) in [6.07, 6.45) is 7.12. The molecule has 84 valence electrons. The number of hydrogen-bond acceptors (Lipinski definition) is 3. The molecule has 1 aliphatic carbocycles. The average molecular weight is 211 g/mol. The predicted octanol–water partition coefficient (Wildman–Crippen LogP) is 2.19. The zero-order chi connectivity index (χ0) is 10.7. The molecule has 15 heavy (non-hydrogen) atoms. The van der Waals surface area contributed by atoms with Crippen molar-refractivity contribution in [3.8, 4) is 0 Å². The summed E-state index contributed by atoms with van der Waals surface area (Å²) in [7, 11) is 0. The Hall–Kier alpha value is -1.06. The van der Waals surface area contributed by atoms with Gasteiger partial charge in [-0.25, -0.2) is 4.79 Å². The van der Waals surface area contributed by atoms with Gasteiger partial charge in [0.25, 0.3) is 0 Å². The summed E-state index contributed by atoms with van der Waals surface area (Å²) in [6, 6.07) is 0. The van der Waals surface area contributed by atoms with Crippen LogP contribution in [0.1, 0.15) is 44.9 Å². The highest BCUT2D eigenvalue weighted by Crippen LogP contribution is 2.28. The zero-order valence-corrected chi connectivity index (χ0v) is 8.82. The van der Waals surface area contributed by atoms with Crippen LogP contribution in [0, 0.1) is 5.92 Å². The lowest BCUT2D eigenvalue weighted by Gasteiger charge is -2.11. The number of carboxylic acid groups (broad SMARTS) is 1. The van der Waals surface area contributed by atoms with E-state index in [1.807, 2.05) is 0 Å². The summed E-state index contributed by atoms with van der Waals surface area (Å²) in [5.41, 5.74) is 0.976. The minimum absolute atomic E-state index is 0.469. The van der Waals surface area contributed by atoms with E-state index in [1.54, 1.807) is 0 Å². The molecule has 1 fully saturated rings. The molecule has 1 atom stereocenters. The van der Waals surface area contributed by atoms with Crippen LogP contribution in [-0.2, 0) is 9.63 Å². The molecule has 2 aliphatic rings. The van der Waals surface area contributed by atoms with Gasteiger partial charge in [0.15, 0.2) is 0 Å². The van der Waals surface area contributed by atoms with Gasteiger partial charge in [-0.05, 0) is 12.8 Å². The predicted molar refractivity (Wildman–Crippen MR) is 55.8 cm³/mol. The number of oxime groups is 1. The van der Waals surface area contributed by atoms with E-state index < -0.39 is 12.1 Å². The van der Waals surface area contributed by atoms with Crippen LogP contribution in [0.5, 0.6) is 0 Å². The van der Waals surface area contributed by atoms with Crippen LogP contribution in [0.4, 0.5) is 0 Å². The van der Waals surface area contributed by atoms with E-state index in [2.05, 4.69) is 5.16 Å². The van der Waals surface area contributed by atoms with E-state index >= 15 is 0 Å². The smallest absolute Gasteiger partial charge is 0.348 e. The fraction of sp³-hybridized carbons (Fsp3) is 0.818. The van der Waals surface area contributed by atoms with Crippen molar-refractivity contribution in [3.63, 3.8) is 0 Å². The molecule has 0 aromatic heterocycles. The lowest BCUT2D eigenvalue weighted by Crippen LogP contribution is -2.22. The van der Waals surface area contributed by atoms with Crippen LogP contribution in [0.2, 0.25) is 0 Å². The summed E-state index contributed by atoms with van der Waals surface area (Å²) in [5, 5.41) is 12.7. The van der Waals surface area contributed by atoms with Crippen molar-refractivity contribution in [3.05, 3.63) is 0 Å². The first-order valence-electron chi connectivity index (χ1n) is 5.73. The largest absolute Gasteiger partial charge is 0.478 e. The number of nitrogens with zero attached hydrogens (tertiary/aromatic N) is 1. The molecule has 0 radical (unpaired) electrons. The van der Waals surface area contributed by atoms with Crippen LogP contribution >= 0.6 is 0 Å². The second-order valence-electron chi connectivity index (χ2n) is 4.41. The Bertz CT molecular complexity index is 267. The molecule has 0 saturated heterocycles. The van der Waals surface area contributed by atoms with Gasteiger partial charge in [0.1, 0.15) is 0 Å². The molecule has 0 aromatic rings. The number of carbonyl (C=O) groups is 1. The average Bonchev–Trinajstić information content (AvgIpc) is 2.55.